The average molecular weight is 402 g/mol. The maximum Gasteiger partial charge on any atom is 0.337 e. The number of esters is 1. The van der Waals surface area contributed by atoms with Gasteiger partial charge in [-0.2, -0.15) is 5.10 Å². The van der Waals surface area contributed by atoms with Gasteiger partial charge in [0, 0.05) is 6.04 Å². The number of rotatable bonds is 7. The molecule has 7 heteroatoms. The Morgan fingerprint density at radius 2 is 2.07 bits per heavy atom. The molecule has 1 aliphatic carbocycles. The molecule has 0 radical (unpaired) electrons. The molecule has 150 valence electrons. The molecule has 1 aromatic heterocycles. The molecule has 1 saturated carbocycles. The summed E-state index contributed by atoms with van der Waals surface area (Å²) in [5.74, 6) is 0.416. The number of aromatic nitrogens is 2. The van der Waals surface area contributed by atoms with Crippen LogP contribution in [0.3, 0.4) is 0 Å². The molecule has 0 unspecified atom stereocenters. The summed E-state index contributed by atoms with van der Waals surface area (Å²) in [5, 5.41) is 8.44. The zero-order valence-electron chi connectivity index (χ0n) is 16.4. The Morgan fingerprint density at radius 3 is 2.79 bits per heavy atom. The quantitative estimate of drug-likeness (QED) is 0.555. The third-order valence-electron chi connectivity index (χ3n) is 4.86. The van der Waals surface area contributed by atoms with Crippen LogP contribution in [-0.2, 0) is 4.74 Å². The fourth-order valence-corrected chi connectivity index (χ4v) is 4.38. The first-order valence-electron chi connectivity index (χ1n) is 9.84. The van der Waals surface area contributed by atoms with Gasteiger partial charge in [0.05, 0.1) is 30.1 Å². The van der Waals surface area contributed by atoms with Gasteiger partial charge in [-0.3, -0.25) is 4.79 Å². The summed E-state index contributed by atoms with van der Waals surface area (Å²) >= 11 is 1.61. The van der Waals surface area contributed by atoms with Crippen molar-refractivity contribution in [2.24, 2.45) is 0 Å². The van der Waals surface area contributed by atoms with E-state index in [1.165, 1.54) is 26.4 Å². The Morgan fingerprint density at radius 1 is 1.29 bits per heavy atom. The van der Waals surface area contributed by atoms with E-state index in [1.54, 1.807) is 40.8 Å². The minimum atomic E-state index is -0.396. The highest BCUT2D eigenvalue weighted by molar-refractivity contribution is 7.99. The average Bonchev–Trinajstić information content (AvgIpc) is 3.16. The first-order chi connectivity index (χ1) is 13.6. The van der Waals surface area contributed by atoms with Crippen LogP contribution in [0.4, 0.5) is 0 Å². The smallest absolute Gasteiger partial charge is 0.337 e. The van der Waals surface area contributed by atoms with Crippen molar-refractivity contribution < 1.29 is 14.3 Å². The molecular weight excluding hydrogens is 374 g/mol. The van der Waals surface area contributed by atoms with Crippen molar-refractivity contribution in [2.45, 2.75) is 56.5 Å². The number of thioether (sulfide) groups is 1. The van der Waals surface area contributed by atoms with Crippen LogP contribution in [-0.4, -0.2) is 40.6 Å². The molecule has 1 N–H and O–H groups in total. The zero-order chi connectivity index (χ0) is 19.9. The summed E-state index contributed by atoms with van der Waals surface area (Å²) in [6.45, 7) is 2.10. The minimum Gasteiger partial charge on any atom is -0.465 e. The summed E-state index contributed by atoms with van der Waals surface area (Å²) in [7, 11) is 1.36. The Bertz CT molecular complexity index is 828. The summed E-state index contributed by atoms with van der Waals surface area (Å²) in [5.41, 5.74) is 1.78. The second-order valence-corrected chi connectivity index (χ2v) is 8.06. The lowest BCUT2D eigenvalue weighted by molar-refractivity contribution is 0.0600. The Labute approximate surface area is 170 Å². The van der Waals surface area contributed by atoms with Gasteiger partial charge in [-0.1, -0.05) is 32.3 Å². The Balaban J connectivity index is 1.89. The van der Waals surface area contributed by atoms with Crippen LogP contribution in [0.25, 0.3) is 5.69 Å². The molecule has 3 rings (SSSR count). The second kappa shape index (κ2) is 9.78. The number of hydrogen-bond donors (Lipinski definition) is 1. The fourth-order valence-electron chi connectivity index (χ4n) is 3.41. The van der Waals surface area contributed by atoms with E-state index in [0.717, 1.165) is 35.7 Å². The molecule has 0 aliphatic heterocycles. The fraction of sp³-hybridized carbons (Fsp3) is 0.476. The highest BCUT2D eigenvalue weighted by Gasteiger charge is 2.22. The van der Waals surface area contributed by atoms with E-state index in [1.807, 2.05) is 6.07 Å². The van der Waals surface area contributed by atoms with Gasteiger partial charge in [0.1, 0.15) is 5.03 Å². The van der Waals surface area contributed by atoms with Gasteiger partial charge in [-0.05, 0) is 43.2 Å². The summed E-state index contributed by atoms with van der Waals surface area (Å²) in [6.07, 6.45) is 8.28. The Hall–Kier alpha value is -2.28. The number of amides is 1. The van der Waals surface area contributed by atoms with E-state index in [0.29, 0.717) is 11.1 Å². The van der Waals surface area contributed by atoms with E-state index >= 15 is 0 Å². The van der Waals surface area contributed by atoms with Crippen molar-refractivity contribution in [3.8, 4) is 5.69 Å². The minimum absolute atomic E-state index is 0.0686. The van der Waals surface area contributed by atoms with Gasteiger partial charge in [-0.15, -0.1) is 11.8 Å². The first-order valence-corrected chi connectivity index (χ1v) is 10.8. The van der Waals surface area contributed by atoms with Crippen LogP contribution in [0.5, 0.6) is 0 Å². The van der Waals surface area contributed by atoms with Crippen molar-refractivity contribution >= 4 is 23.6 Å². The Kier molecular flexibility index (Phi) is 7.14. The number of benzene rings is 1. The molecule has 0 saturated heterocycles. The van der Waals surface area contributed by atoms with E-state index < -0.39 is 5.97 Å². The lowest BCUT2D eigenvalue weighted by Gasteiger charge is -2.22. The van der Waals surface area contributed by atoms with Gasteiger partial charge in [0.2, 0.25) is 0 Å². The van der Waals surface area contributed by atoms with Crippen molar-refractivity contribution in [3.05, 3.63) is 41.6 Å². The molecule has 6 nitrogen and oxygen atoms in total. The molecule has 0 spiro atoms. The van der Waals surface area contributed by atoms with Crippen LogP contribution in [0, 0.1) is 0 Å². The van der Waals surface area contributed by atoms with Gasteiger partial charge in [-0.25, -0.2) is 9.48 Å². The van der Waals surface area contributed by atoms with Crippen molar-refractivity contribution in [3.63, 3.8) is 0 Å². The second-order valence-electron chi connectivity index (χ2n) is 6.97. The standard InChI is InChI=1S/C21H27N3O3S/c1-3-12-28-20-18(19(25)23-16-9-5-4-6-10-16)14-22-24(20)17-11-7-8-15(13-17)21(26)27-2/h7-8,11,13-14,16H,3-6,9-10,12H2,1-2H3,(H,23,25). The SMILES string of the molecule is CCCSc1c(C(=O)NC2CCCCC2)cnn1-c1cccc(C(=O)OC)c1. The van der Waals surface area contributed by atoms with Crippen LogP contribution >= 0.6 is 11.8 Å². The summed E-state index contributed by atoms with van der Waals surface area (Å²) in [6, 6.07) is 7.35. The molecule has 1 fully saturated rings. The molecular formula is C21H27N3O3S. The molecule has 28 heavy (non-hydrogen) atoms. The van der Waals surface area contributed by atoms with E-state index in [4.69, 9.17) is 4.74 Å². The van der Waals surface area contributed by atoms with Crippen LogP contribution in [0.15, 0.2) is 35.5 Å². The lowest BCUT2D eigenvalue weighted by Crippen LogP contribution is -2.36. The maximum atomic E-state index is 12.9. The molecule has 1 aliphatic rings. The number of carbonyl (C=O) groups is 2. The number of methoxy groups -OCH3 is 1. The summed E-state index contributed by atoms with van der Waals surface area (Å²) in [4.78, 5) is 24.8. The summed E-state index contributed by atoms with van der Waals surface area (Å²) < 4.78 is 6.55. The zero-order valence-corrected chi connectivity index (χ0v) is 17.3. The third kappa shape index (κ3) is 4.76. The van der Waals surface area contributed by atoms with Gasteiger partial charge in [0.15, 0.2) is 0 Å². The van der Waals surface area contributed by atoms with Gasteiger partial charge >= 0.3 is 5.97 Å². The van der Waals surface area contributed by atoms with E-state index in [-0.39, 0.29) is 11.9 Å². The predicted octanol–water partition coefficient (Wildman–Crippen LogP) is 4.22. The molecule has 2 aromatic rings. The van der Waals surface area contributed by atoms with Gasteiger partial charge in [0.25, 0.3) is 5.91 Å². The number of ether oxygens (including phenoxy) is 1. The van der Waals surface area contributed by atoms with Crippen LogP contribution in [0.1, 0.15) is 66.2 Å². The number of carbonyl (C=O) groups excluding carboxylic acids is 2. The van der Waals surface area contributed by atoms with Crippen molar-refractivity contribution in [1.82, 2.24) is 15.1 Å². The third-order valence-corrected chi connectivity index (χ3v) is 6.14. The molecule has 0 atom stereocenters. The van der Waals surface area contributed by atoms with Crippen LogP contribution in [0.2, 0.25) is 0 Å². The number of nitrogens with zero attached hydrogens (tertiary/aromatic N) is 2. The largest absolute Gasteiger partial charge is 0.465 e. The number of nitrogens with one attached hydrogen (secondary N) is 1. The van der Waals surface area contributed by atoms with E-state index in [9.17, 15) is 9.59 Å². The van der Waals surface area contributed by atoms with E-state index in [2.05, 4.69) is 17.3 Å². The number of hydrogen-bond acceptors (Lipinski definition) is 5. The molecule has 1 aromatic carbocycles. The van der Waals surface area contributed by atoms with Crippen LogP contribution < -0.4 is 5.32 Å². The molecule has 0 bridgehead atoms. The topological polar surface area (TPSA) is 73.2 Å². The normalized spacial score (nSPS) is 14.6. The predicted molar refractivity (Wildman–Crippen MR) is 110 cm³/mol. The lowest BCUT2D eigenvalue weighted by atomic mass is 9.95. The molecule has 1 amide bonds. The van der Waals surface area contributed by atoms with Crippen molar-refractivity contribution in [2.75, 3.05) is 12.9 Å². The first kappa shape index (κ1) is 20.5. The highest BCUT2D eigenvalue weighted by atomic mass is 32.2. The molecule has 1 heterocycles. The van der Waals surface area contributed by atoms with Crippen molar-refractivity contribution in [1.29, 1.82) is 0 Å². The monoisotopic (exact) mass is 401 g/mol. The maximum absolute atomic E-state index is 12.9. The van der Waals surface area contributed by atoms with Gasteiger partial charge < -0.3 is 10.1 Å². The highest BCUT2D eigenvalue weighted by Crippen LogP contribution is 2.28.